The van der Waals surface area contributed by atoms with E-state index in [4.69, 9.17) is 0 Å². The fourth-order valence-corrected chi connectivity index (χ4v) is 2.39. The Kier molecular flexibility index (Phi) is 6.46. The van der Waals surface area contributed by atoms with Crippen molar-refractivity contribution in [1.82, 2.24) is 5.32 Å². The van der Waals surface area contributed by atoms with Gasteiger partial charge in [0.05, 0.1) is 0 Å². The van der Waals surface area contributed by atoms with E-state index in [1.54, 1.807) is 5.57 Å². The molecule has 0 bridgehead atoms. The molecule has 0 amide bonds. The second-order valence-corrected chi connectivity index (χ2v) is 6.54. The zero-order chi connectivity index (χ0) is 13.4. The first-order valence-electron chi connectivity index (χ1n) is 7.28. The minimum atomic E-state index is 0.382. The van der Waals surface area contributed by atoms with Gasteiger partial charge in [-0.15, -0.1) is 5.73 Å². The third kappa shape index (κ3) is 6.83. The van der Waals surface area contributed by atoms with Gasteiger partial charge >= 0.3 is 0 Å². The van der Waals surface area contributed by atoms with Gasteiger partial charge in [-0.2, -0.15) is 0 Å². The van der Waals surface area contributed by atoms with Crippen LogP contribution in [0.1, 0.15) is 59.3 Å². The van der Waals surface area contributed by atoms with Crippen LogP contribution in [0.4, 0.5) is 0 Å². The van der Waals surface area contributed by atoms with Crippen LogP contribution in [0.3, 0.4) is 0 Å². The number of nitrogens with one attached hydrogen (secondary N) is 1. The Balaban J connectivity index is 2.41. The van der Waals surface area contributed by atoms with Crippen LogP contribution >= 0.6 is 0 Å². The minimum Gasteiger partial charge on any atom is -0.320 e. The smallest absolute Gasteiger partial charge is 0.00518 e. The third-order valence-corrected chi connectivity index (χ3v) is 3.27. The summed E-state index contributed by atoms with van der Waals surface area (Å²) in [7, 11) is 2.02. The van der Waals surface area contributed by atoms with E-state index in [9.17, 15) is 0 Å². The molecule has 0 unspecified atom stereocenters. The molecule has 1 aliphatic carbocycles. The summed E-state index contributed by atoms with van der Waals surface area (Å²) < 4.78 is 0. The number of hydrogen-bond donors (Lipinski definition) is 1. The normalized spacial score (nSPS) is 16.2. The molecule has 1 N–H and O–H groups in total. The van der Waals surface area contributed by atoms with E-state index >= 15 is 0 Å². The van der Waals surface area contributed by atoms with Crippen LogP contribution in [-0.4, -0.2) is 13.6 Å². The van der Waals surface area contributed by atoms with Crippen LogP contribution < -0.4 is 5.32 Å². The second-order valence-electron chi connectivity index (χ2n) is 6.54. The standard InChI is InChI=1S/C17H29N/c1-17(2,3)14-16-10-7-9-15(11-12-16)8-5-6-13-18-4/h7,9,18H,5-6,8,11-14H2,1-4H3. The first-order valence-corrected chi connectivity index (χ1v) is 7.28. The molecule has 0 atom stereocenters. The topological polar surface area (TPSA) is 12.0 Å². The maximum Gasteiger partial charge on any atom is -0.00518 e. The highest BCUT2D eigenvalue weighted by atomic mass is 14.8. The van der Waals surface area contributed by atoms with Crippen molar-refractivity contribution in [2.45, 2.75) is 59.3 Å². The summed E-state index contributed by atoms with van der Waals surface area (Å²) in [6.45, 7) is 8.05. The van der Waals surface area contributed by atoms with Crippen LogP contribution in [0.25, 0.3) is 0 Å². The highest BCUT2D eigenvalue weighted by Crippen LogP contribution is 2.28. The van der Waals surface area contributed by atoms with Gasteiger partial charge in [0.15, 0.2) is 0 Å². The van der Waals surface area contributed by atoms with E-state index in [0.29, 0.717) is 5.41 Å². The van der Waals surface area contributed by atoms with Gasteiger partial charge in [-0.25, -0.2) is 0 Å². The summed E-state index contributed by atoms with van der Waals surface area (Å²) in [5.41, 5.74) is 6.94. The van der Waals surface area contributed by atoms with Crippen molar-refractivity contribution in [3.05, 3.63) is 29.0 Å². The fourth-order valence-electron chi connectivity index (χ4n) is 2.39. The molecule has 0 saturated carbocycles. The Labute approximate surface area is 113 Å². The van der Waals surface area contributed by atoms with Gasteiger partial charge in [0.25, 0.3) is 0 Å². The lowest BCUT2D eigenvalue weighted by Crippen LogP contribution is -2.07. The van der Waals surface area contributed by atoms with Crippen LogP contribution in [0.2, 0.25) is 0 Å². The molecule has 1 nitrogen and oxygen atoms in total. The number of allylic oxidation sites excluding steroid dienone is 3. The van der Waals surface area contributed by atoms with Crippen molar-refractivity contribution in [2.24, 2.45) is 5.41 Å². The van der Waals surface area contributed by atoms with Gasteiger partial charge in [0.2, 0.25) is 0 Å². The van der Waals surface area contributed by atoms with Crippen LogP contribution in [0, 0.1) is 5.41 Å². The van der Waals surface area contributed by atoms with Gasteiger partial charge in [-0.1, -0.05) is 32.4 Å². The number of rotatable bonds is 6. The molecular weight excluding hydrogens is 218 g/mol. The average Bonchev–Trinajstić information content (AvgIpc) is 2.48. The lowest BCUT2D eigenvalue weighted by atomic mass is 9.86. The highest BCUT2D eigenvalue weighted by molar-refractivity contribution is 5.20. The average molecular weight is 247 g/mol. The van der Waals surface area contributed by atoms with Crippen LogP contribution in [-0.2, 0) is 0 Å². The molecule has 0 aromatic carbocycles. The second kappa shape index (κ2) is 7.61. The van der Waals surface area contributed by atoms with Gasteiger partial charge in [-0.05, 0) is 69.2 Å². The molecule has 0 aliphatic heterocycles. The van der Waals surface area contributed by atoms with Crippen molar-refractivity contribution in [1.29, 1.82) is 0 Å². The fraction of sp³-hybridized carbons (Fsp3) is 0.706. The molecule has 0 saturated heterocycles. The van der Waals surface area contributed by atoms with Crippen LogP contribution in [0.5, 0.6) is 0 Å². The quantitative estimate of drug-likeness (QED) is 0.533. The van der Waals surface area contributed by atoms with Gasteiger partial charge in [0, 0.05) is 0 Å². The number of hydrogen-bond acceptors (Lipinski definition) is 1. The maximum absolute atomic E-state index is 3.47. The van der Waals surface area contributed by atoms with Crippen molar-refractivity contribution < 1.29 is 0 Å². The molecule has 0 spiro atoms. The monoisotopic (exact) mass is 247 g/mol. The van der Waals surface area contributed by atoms with E-state index in [-0.39, 0.29) is 0 Å². The largest absolute Gasteiger partial charge is 0.320 e. The van der Waals surface area contributed by atoms with Crippen molar-refractivity contribution in [2.75, 3.05) is 13.6 Å². The van der Waals surface area contributed by atoms with Crippen LogP contribution in [0.15, 0.2) is 29.0 Å². The molecule has 18 heavy (non-hydrogen) atoms. The molecule has 102 valence electrons. The van der Waals surface area contributed by atoms with Crippen molar-refractivity contribution in [3.8, 4) is 0 Å². The maximum atomic E-state index is 3.47. The predicted molar refractivity (Wildman–Crippen MR) is 80.8 cm³/mol. The molecule has 0 aromatic heterocycles. The first-order chi connectivity index (χ1) is 8.51. The van der Waals surface area contributed by atoms with E-state index < -0.39 is 0 Å². The van der Waals surface area contributed by atoms with Gasteiger partial charge in [-0.3, -0.25) is 0 Å². The predicted octanol–water partition coefficient (Wildman–Crippen LogP) is 4.61. The Morgan fingerprint density at radius 1 is 1.22 bits per heavy atom. The molecule has 0 fully saturated rings. The summed E-state index contributed by atoms with van der Waals surface area (Å²) >= 11 is 0. The first kappa shape index (κ1) is 15.3. The minimum absolute atomic E-state index is 0.382. The number of unbranched alkanes of at least 4 members (excludes halogenated alkanes) is 1. The summed E-state index contributed by atoms with van der Waals surface area (Å²) in [6.07, 6.45) is 11.9. The van der Waals surface area contributed by atoms with E-state index in [0.717, 1.165) is 6.54 Å². The SMILES string of the molecule is CNCCCCC1=CC=C=C(CC(C)(C)C)CC1. The third-order valence-electron chi connectivity index (χ3n) is 3.27. The summed E-state index contributed by atoms with van der Waals surface area (Å²) in [5.74, 6) is 0. The molecule has 0 radical (unpaired) electrons. The van der Waals surface area contributed by atoms with E-state index in [2.05, 4.69) is 44.0 Å². The Morgan fingerprint density at radius 3 is 2.67 bits per heavy atom. The highest BCUT2D eigenvalue weighted by Gasteiger charge is 2.14. The Hall–Kier alpha value is -0.780. The molecule has 1 heteroatoms. The zero-order valence-electron chi connectivity index (χ0n) is 12.6. The van der Waals surface area contributed by atoms with Crippen molar-refractivity contribution >= 4 is 0 Å². The Bertz CT molecular complexity index is 335. The molecular formula is C17H29N. The molecule has 1 rings (SSSR count). The lowest BCUT2D eigenvalue weighted by molar-refractivity contribution is 0.404. The summed E-state index contributed by atoms with van der Waals surface area (Å²) in [5, 5.41) is 3.21. The van der Waals surface area contributed by atoms with Crippen molar-refractivity contribution in [3.63, 3.8) is 0 Å². The zero-order valence-corrected chi connectivity index (χ0v) is 12.6. The Morgan fingerprint density at radius 2 is 2.00 bits per heavy atom. The molecule has 0 heterocycles. The molecule has 1 aliphatic rings. The lowest BCUT2D eigenvalue weighted by Gasteiger charge is -2.19. The summed E-state index contributed by atoms with van der Waals surface area (Å²) in [4.78, 5) is 0. The molecule has 0 aromatic rings. The van der Waals surface area contributed by atoms with Gasteiger partial charge in [0.1, 0.15) is 0 Å². The van der Waals surface area contributed by atoms with Gasteiger partial charge < -0.3 is 5.32 Å². The van der Waals surface area contributed by atoms with E-state index in [1.165, 1.54) is 44.1 Å². The van der Waals surface area contributed by atoms with E-state index in [1.807, 2.05) is 7.05 Å². The summed E-state index contributed by atoms with van der Waals surface area (Å²) in [6, 6.07) is 0.